The van der Waals surface area contributed by atoms with E-state index in [0.717, 1.165) is 5.65 Å². The standard InChI is InChI=1S/C12H12Cl2N4O/c1-11(7-12(11,13)14)10(19)15-6-9-17-16-8-4-2-3-5-18(8)9/h2-5H,6-7H2,1H3,(H,15,19)/t11-/m0/s1. The van der Waals surface area contributed by atoms with Crippen LogP contribution in [0, 0.1) is 5.41 Å². The second-order valence-corrected chi connectivity index (χ2v) is 6.42. The average molecular weight is 299 g/mol. The number of halogens is 2. The molecule has 2 aromatic rings. The Balaban J connectivity index is 1.72. The second-order valence-electron chi connectivity index (χ2n) is 4.94. The van der Waals surface area contributed by atoms with Gasteiger partial charge < -0.3 is 5.32 Å². The highest BCUT2D eigenvalue weighted by atomic mass is 35.5. The normalized spacial score (nSPS) is 24.4. The molecule has 1 aliphatic carbocycles. The molecule has 1 amide bonds. The predicted octanol–water partition coefficient (Wildman–Crippen LogP) is 1.93. The van der Waals surface area contributed by atoms with E-state index in [-0.39, 0.29) is 5.91 Å². The van der Waals surface area contributed by atoms with Crippen LogP contribution in [0.4, 0.5) is 0 Å². The Kier molecular flexibility index (Phi) is 2.73. The van der Waals surface area contributed by atoms with Crippen LogP contribution >= 0.6 is 23.2 Å². The van der Waals surface area contributed by atoms with Gasteiger partial charge >= 0.3 is 0 Å². The zero-order chi connectivity index (χ0) is 13.7. The molecule has 0 unspecified atom stereocenters. The van der Waals surface area contributed by atoms with Gasteiger partial charge in [0, 0.05) is 6.20 Å². The maximum absolute atomic E-state index is 12.0. The summed E-state index contributed by atoms with van der Waals surface area (Å²) < 4.78 is 0.869. The number of fused-ring (bicyclic) bond motifs is 1. The molecule has 1 atom stereocenters. The Morgan fingerprint density at radius 1 is 1.47 bits per heavy atom. The van der Waals surface area contributed by atoms with E-state index in [2.05, 4.69) is 15.5 Å². The molecule has 0 saturated heterocycles. The van der Waals surface area contributed by atoms with Crippen molar-refractivity contribution in [3.05, 3.63) is 30.2 Å². The minimum Gasteiger partial charge on any atom is -0.348 e. The zero-order valence-corrected chi connectivity index (χ0v) is 11.7. The number of pyridine rings is 1. The molecule has 1 N–H and O–H groups in total. The molecule has 0 aromatic carbocycles. The third-order valence-electron chi connectivity index (χ3n) is 3.55. The molecule has 0 spiro atoms. The topological polar surface area (TPSA) is 59.3 Å². The fourth-order valence-electron chi connectivity index (χ4n) is 2.01. The first-order valence-corrected chi connectivity index (χ1v) is 6.64. The summed E-state index contributed by atoms with van der Waals surface area (Å²) >= 11 is 11.9. The molecular weight excluding hydrogens is 287 g/mol. The Morgan fingerprint density at radius 3 is 2.89 bits per heavy atom. The summed E-state index contributed by atoms with van der Waals surface area (Å²) in [7, 11) is 0. The summed E-state index contributed by atoms with van der Waals surface area (Å²) in [5.74, 6) is 0.508. The smallest absolute Gasteiger partial charge is 0.229 e. The van der Waals surface area contributed by atoms with E-state index >= 15 is 0 Å². The van der Waals surface area contributed by atoms with Crippen molar-refractivity contribution >= 4 is 34.8 Å². The first kappa shape index (κ1) is 12.7. The van der Waals surface area contributed by atoms with Crippen molar-refractivity contribution in [2.24, 2.45) is 5.41 Å². The van der Waals surface area contributed by atoms with E-state index in [1.54, 1.807) is 6.92 Å². The maximum atomic E-state index is 12.0. The summed E-state index contributed by atoms with van der Waals surface area (Å²) in [6.45, 7) is 2.05. The third kappa shape index (κ3) is 1.97. The van der Waals surface area contributed by atoms with Crippen molar-refractivity contribution in [1.82, 2.24) is 19.9 Å². The van der Waals surface area contributed by atoms with E-state index in [1.807, 2.05) is 28.8 Å². The van der Waals surface area contributed by atoms with E-state index in [1.165, 1.54) is 0 Å². The lowest BCUT2D eigenvalue weighted by Crippen LogP contribution is -2.33. The molecule has 0 radical (unpaired) electrons. The van der Waals surface area contributed by atoms with Crippen LogP contribution in [-0.2, 0) is 11.3 Å². The number of hydrogen-bond donors (Lipinski definition) is 1. The lowest BCUT2D eigenvalue weighted by Gasteiger charge is -2.11. The van der Waals surface area contributed by atoms with Gasteiger partial charge in [-0.05, 0) is 25.5 Å². The van der Waals surface area contributed by atoms with Crippen LogP contribution in [-0.4, -0.2) is 24.8 Å². The summed E-state index contributed by atoms with van der Waals surface area (Å²) in [5.41, 5.74) is 0.0322. The van der Waals surface area contributed by atoms with E-state index < -0.39 is 9.75 Å². The number of nitrogens with zero attached hydrogens (tertiary/aromatic N) is 3. The highest BCUT2D eigenvalue weighted by Crippen LogP contribution is 2.63. The van der Waals surface area contributed by atoms with Gasteiger partial charge in [-0.2, -0.15) is 0 Å². The second kappa shape index (κ2) is 4.08. The Hall–Kier alpha value is -1.33. The molecule has 5 nitrogen and oxygen atoms in total. The van der Waals surface area contributed by atoms with Crippen LogP contribution in [0.1, 0.15) is 19.2 Å². The lowest BCUT2D eigenvalue weighted by molar-refractivity contribution is -0.126. The Labute approximate surface area is 119 Å². The number of rotatable bonds is 3. The average Bonchev–Trinajstić information content (AvgIpc) is 2.75. The lowest BCUT2D eigenvalue weighted by atomic mass is 10.1. The van der Waals surface area contributed by atoms with E-state index in [4.69, 9.17) is 23.2 Å². The number of amides is 1. The molecule has 100 valence electrons. The molecule has 0 aliphatic heterocycles. The van der Waals surface area contributed by atoms with Gasteiger partial charge in [0.2, 0.25) is 5.91 Å². The number of nitrogens with one attached hydrogen (secondary N) is 1. The number of carbonyl (C=O) groups is 1. The minimum atomic E-state index is -0.954. The van der Waals surface area contributed by atoms with Crippen LogP contribution in [0.15, 0.2) is 24.4 Å². The fraction of sp³-hybridized carbons (Fsp3) is 0.417. The van der Waals surface area contributed by atoms with Gasteiger partial charge in [0.25, 0.3) is 0 Å². The molecule has 7 heteroatoms. The Bertz CT molecular complexity index is 654. The van der Waals surface area contributed by atoms with Crippen molar-refractivity contribution in [3.8, 4) is 0 Å². The Morgan fingerprint density at radius 2 is 2.21 bits per heavy atom. The van der Waals surface area contributed by atoms with Crippen LogP contribution in [0.2, 0.25) is 0 Å². The van der Waals surface area contributed by atoms with E-state index in [9.17, 15) is 4.79 Å². The van der Waals surface area contributed by atoms with E-state index in [0.29, 0.717) is 18.8 Å². The molecule has 2 aromatic heterocycles. The first-order chi connectivity index (χ1) is 8.94. The monoisotopic (exact) mass is 298 g/mol. The molecule has 1 aliphatic rings. The van der Waals surface area contributed by atoms with Gasteiger partial charge in [-0.3, -0.25) is 9.20 Å². The van der Waals surface area contributed by atoms with Crippen LogP contribution in [0.5, 0.6) is 0 Å². The van der Waals surface area contributed by atoms with Crippen molar-refractivity contribution in [2.75, 3.05) is 0 Å². The van der Waals surface area contributed by atoms with Crippen LogP contribution in [0.25, 0.3) is 5.65 Å². The maximum Gasteiger partial charge on any atom is 0.229 e. The first-order valence-electron chi connectivity index (χ1n) is 5.89. The SMILES string of the molecule is C[C@@]1(C(=O)NCc2nnc3ccccn23)CC1(Cl)Cl. The summed E-state index contributed by atoms with van der Waals surface area (Å²) in [6, 6.07) is 5.61. The zero-order valence-electron chi connectivity index (χ0n) is 10.2. The predicted molar refractivity (Wildman–Crippen MR) is 72.0 cm³/mol. The fourth-order valence-corrected chi connectivity index (χ4v) is 2.72. The molecular formula is C12H12Cl2N4O. The summed E-state index contributed by atoms with van der Waals surface area (Å²) in [5, 5.41) is 10.9. The molecule has 2 heterocycles. The van der Waals surface area contributed by atoms with Gasteiger partial charge in [-0.25, -0.2) is 0 Å². The summed E-state index contributed by atoms with van der Waals surface area (Å²) in [4.78, 5) is 12.0. The minimum absolute atomic E-state index is 0.162. The molecule has 1 saturated carbocycles. The number of hydrogen-bond acceptors (Lipinski definition) is 3. The van der Waals surface area contributed by atoms with Crippen LogP contribution < -0.4 is 5.32 Å². The van der Waals surface area contributed by atoms with Crippen molar-refractivity contribution in [3.63, 3.8) is 0 Å². The van der Waals surface area contributed by atoms with Crippen molar-refractivity contribution < 1.29 is 4.79 Å². The van der Waals surface area contributed by atoms with Gasteiger partial charge in [0.05, 0.1) is 12.0 Å². The molecule has 0 bridgehead atoms. The summed E-state index contributed by atoms with van der Waals surface area (Å²) in [6.07, 6.45) is 2.32. The molecule has 19 heavy (non-hydrogen) atoms. The number of carbonyl (C=O) groups excluding carboxylic acids is 1. The third-order valence-corrected chi connectivity index (χ3v) is 4.65. The number of alkyl halides is 2. The van der Waals surface area contributed by atoms with Crippen molar-refractivity contribution in [2.45, 2.75) is 24.2 Å². The largest absolute Gasteiger partial charge is 0.348 e. The van der Waals surface area contributed by atoms with Gasteiger partial charge in [-0.15, -0.1) is 33.4 Å². The molecule has 3 rings (SSSR count). The van der Waals surface area contributed by atoms with Gasteiger partial charge in [0.15, 0.2) is 11.5 Å². The quantitative estimate of drug-likeness (QED) is 0.881. The molecule has 1 fully saturated rings. The number of aromatic nitrogens is 3. The highest BCUT2D eigenvalue weighted by Gasteiger charge is 2.67. The highest BCUT2D eigenvalue weighted by molar-refractivity contribution is 6.53. The van der Waals surface area contributed by atoms with Gasteiger partial charge in [0.1, 0.15) is 4.33 Å². The van der Waals surface area contributed by atoms with Crippen molar-refractivity contribution in [1.29, 1.82) is 0 Å². The van der Waals surface area contributed by atoms with Gasteiger partial charge in [-0.1, -0.05) is 6.07 Å². The van der Waals surface area contributed by atoms with Crippen LogP contribution in [0.3, 0.4) is 0 Å².